The average molecular weight is 485 g/mol. The number of carbonyl (C=O) groups is 4. The van der Waals surface area contributed by atoms with Gasteiger partial charge >= 0.3 is 12.1 Å². The highest BCUT2D eigenvalue weighted by Crippen LogP contribution is 2.31. The Morgan fingerprint density at radius 3 is 2.63 bits per heavy atom. The first-order chi connectivity index (χ1) is 16.7. The summed E-state index contributed by atoms with van der Waals surface area (Å²) in [7, 11) is 0. The number of cyclic esters (lactones) is 1. The third-order valence-electron chi connectivity index (χ3n) is 5.75. The predicted octanol–water partition coefficient (Wildman–Crippen LogP) is 0.943. The van der Waals surface area contributed by atoms with Gasteiger partial charge in [0.15, 0.2) is 0 Å². The number of carbonyl (C=O) groups excluding carboxylic acids is 4. The standard InChI is InChI=1S/C23H24FN5O6/c24-18-6-15(28-11-16(7-19(26)30)35-23(28)33)2-3-17(18)14-1-4-20(27-9-14)29-10-13(5-21(29)31)12-34-22(32)8-25/h1-4,6,9,13,16H,5,7-8,10-12,25H2,(H2,26,30)/t13?,16-/m0/s1. The lowest BCUT2D eigenvalue weighted by molar-refractivity contribution is -0.143. The molecule has 4 rings (SSSR count). The smallest absolute Gasteiger partial charge is 0.414 e. The summed E-state index contributed by atoms with van der Waals surface area (Å²) in [4.78, 5) is 53.8. The molecule has 1 aromatic carbocycles. The first kappa shape index (κ1) is 24.1. The summed E-state index contributed by atoms with van der Waals surface area (Å²) in [5, 5.41) is 0. The van der Waals surface area contributed by atoms with Gasteiger partial charge < -0.3 is 20.9 Å². The summed E-state index contributed by atoms with van der Waals surface area (Å²) in [6.45, 7) is 0.312. The Morgan fingerprint density at radius 1 is 1.17 bits per heavy atom. The van der Waals surface area contributed by atoms with Crippen molar-refractivity contribution in [2.45, 2.75) is 18.9 Å². The molecule has 1 aromatic heterocycles. The van der Waals surface area contributed by atoms with Crippen LogP contribution in [0.4, 0.5) is 20.7 Å². The topological polar surface area (TPSA) is 158 Å². The molecule has 0 saturated carbocycles. The molecule has 0 spiro atoms. The highest BCUT2D eigenvalue weighted by molar-refractivity contribution is 5.95. The number of nitrogens with two attached hydrogens (primary N) is 2. The maximum absolute atomic E-state index is 14.9. The van der Waals surface area contributed by atoms with Crippen LogP contribution in [-0.4, -0.2) is 61.2 Å². The van der Waals surface area contributed by atoms with E-state index in [2.05, 4.69) is 4.98 Å². The van der Waals surface area contributed by atoms with E-state index in [1.54, 1.807) is 18.2 Å². The summed E-state index contributed by atoms with van der Waals surface area (Å²) in [5.41, 5.74) is 11.4. The molecule has 4 N–H and O–H groups in total. The van der Waals surface area contributed by atoms with Gasteiger partial charge in [0.05, 0.1) is 31.8 Å². The summed E-state index contributed by atoms with van der Waals surface area (Å²) in [6, 6.07) is 7.54. The van der Waals surface area contributed by atoms with Crippen molar-refractivity contribution in [2.75, 3.05) is 36.0 Å². The van der Waals surface area contributed by atoms with Gasteiger partial charge in [-0.25, -0.2) is 14.2 Å². The number of pyridine rings is 1. The highest BCUT2D eigenvalue weighted by Gasteiger charge is 2.34. The summed E-state index contributed by atoms with van der Waals surface area (Å²) >= 11 is 0. The predicted molar refractivity (Wildman–Crippen MR) is 122 cm³/mol. The van der Waals surface area contributed by atoms with Gasteiger partial charge in [-0.1, -0.05) is 0 Å². The Labute approximate surface area is 199 Å². The number of anilines is 2. The second-order valence-corrected chi connectivity index (χ2v) is 8.32. The fraction of sp³-hybridized carbons (Fsp3) is 0.348. The molecule has 2 aromatic rings. The Kier molecular flexibility index (Phi) is 6.92. The molecule has 0 bridgehead atoms. The van der Waals surface area contributed by atoms with E-state index in [-0.39, 0.29) is 55.6 Å². The van der Waals surface area contributed by atoms with E-state index in [1.165, 1.54) is 28.1 Å². The van der Waals surface area contributed by atoms with Crippen LogP contribution >= 0.6 is 0 Å². The number of aromatic nitrogens is 1. The molecule has 0 radical (unpaired) electrons. The van der Waals surface area contributed by atoms with Crippen LogP contribution in [0.25, 0.3) is 11.1 Å². The largest absolute Gasteiger partial charge is 0.464 e. The third-order valence-corrected chi connectivity index (χ3v) is 5.75. The van der Waals surface area contributed by atoms with Crippen molar-refractivity contribution in [3.63, 3.8) is 0 Å². The van der Waals surface area contributed by atoms with Crippen LogP contribution in [0.2, 0.25) is 0 Å². The van der Waals surface area contributed by atoms with Crippen LogP contribution in [-0.2, 0) is 23.9 Å². The third kappa shape index (κ3) is 5.38. The van der Waals surface area contributed by atoms with Crippen molar-refractivity contribution in [2.24, 2.45) is 17.4 Å². The first-order valence-electron chi connectivity index (χ1n) is 10.9. The van der Waals surface area contributed by atoms with Crippen molar-refractivity contribution in [1.82, 2.24) is 4.98 Å². The van der Waals surface area contributed by atoms with Gasteiger partial charge in [0.1, 0.15) is 17.7 Å². The molecular formula is C23H24FN5O6. The molecule has 0 aliphatic carbocycles. The van der Waals surface area contributed by atoms with Crippen LogP contribution in [0, 0.1) is 11.7 Å². The molecule has 2 fully saturated rings. The summed E-state index contributed by atoms with van der Waals surface area (Å²) < 4.78 is 25.0. The van der Waals surface area contributed by atoms with Crippen molar-refractivity contribution in [3.05, 3.63) is 42.3 Å². The molecule has 1 unspecified atom stereocenters. The first-order valence-corrected chi connectivity index (χ1v) is 10.9. The van der Waals surface area contributed by atoms with Gasteiger partial charge in [0.25, 0.3) is 0 Å². The number of rotatable bonds is 8. The highest BCUT2D eigenvalue weighted by atomic mass is 19.1. The molecule has 12 heteroatoms. The van der Waals surface area contributed by atoms with Gasteiger partial charge in [-0.3, -0.25) is 24.2 Å². The maximum Gasteiger partial charge on any atom is 0.414 e. The number of nitrogens with zero attached hydrogens (tertiary/aromatic N) is 3. The Hall–Kier alpha value is -4.06. The number of ether oxygens (including phenoxy) is 2. The van der Waals surface area contributed by atoms with Gasteiger partial charge in [-0.2, -0.15) is 0 Å². The molecule has 2 aliphatic heterocycles. The molecule has 2 aliphatic rings. The minimum absolute atomic E-state index is 0.0904. The van der Waals surface area contributed by atoms with E-state index >= 15 is 0 Å². The zero-order chi connectivity index (χ0) is 25.1. The van der Waals surface area contributed by atoms with Gasteiger partial charge in [0, 0.05) is 36.2 Å². The van der Waals surface area contributed by atoms with Crippen LogP contribution in [0.3, 0.4) is 0 Å². The molecule has 11 nitrogen and oxygen atoms in total. The minimum Gasteiger partial charge on any atom is -0.464 e. The van der Waals surface area contributed by atoms with Gasteiger partial charge in [-0.15, -0.1) is 0 Å². The van der Waals surface area contributed by atoms with Crippen LogP contribution in [0.1, 0.15) is 12.8 Å². The van der Waals surface area contributed by atoms with Crippen molar-refractivity contribution < 1.29 is 33.0 Å². The Morgan fingerprint density at radius 2 is 1.97 bits per heavy atom. The zero-order valence-corrected chi connectivity index (χ0v) is 18.7. The molecule has 3 heterocycles. The SMILES string of the molecule is NCC(=O)OCC1CC(=O)N(c2ccc(-c3ccc(N4C[C@H](CC(N)=O)OC4=O)cc3F)cn2)C1. The number of amides is 3. The van der Waals surface area contributed by atoms with E-state index in [0.717, 1.165) is 0 Å². The monoisotopic (exact) mass is 485 g/mol. The van der Waals surface area contributed by atoms with E-state index in [0.29, 0.717) is 17.9 Å². The molecule has 2 saturated heterocycles. The lowest BCUT2D eigenvalue weighted by Gasteiger charge is -2.17. The van der Waals surface area contributed by atoms with Gasteiger partial charge in [-0.05, 0) is 30.3 Å². The Bertz CT molecular complexity index is 1160. The number of hydrogen-bond acceptors (Lipinski definition) is 8. The number of halogens is 1. The summed E-state index contributed by atoms with van der Waals surface area (Å²) in [6.07, 6.45) is 0.201. The minimum atomic E-state index is -0.680. The van der Waals surface area contributed by atoms with Crippen molar-refractivity contribution in [3.8, 4) is 11.1 Å². The number of esters is 1. The van der Waals surface area contributed by atoms with E-state index < -0.39 is 29.9 Å². The zero-order valence-electron chi connectivity index (χ0n) is 18.7. The molecular weight excluding hydrogens is 461 g/mol. The summed E-state index contributed by atoms with van der Waals surface area (Å²) in [5.74, 6) is -1.61. The molecule has 3 amide bonds. The van der Waals surface area contributed by atoms with Crippen molar-refractivity contribution in [1.29, 1.82) is 0 Å². The second kappa shape index (κ2) is 10.1. The molecule has 184 valence electrons. The van der Waals surface area contributed by atoms with Crippen LogP contribution < -0.4 is 21.3 Å². The van der Waals surface area contributed by atoms with E-state index in [1.807, 2.05) is 0 Å². The van der Waals surface area contributed by atoms with Crippen molar-refractivity contribution >= 4 is 35.4 Å². The Balaban J connectivity index is 1.43. The number of benzene rings is 1. The molecule has 35 heavy (non-hydrogen) atoms. The maximum atomic E-state index is 14.9. The van der Waals surface area contributed by atoms with Crippen LogP contribution in [0.5, 0.6) is 0 Å². The molecule has 2 atom stereocenters. The fourth-order valence-electron chi connectivity index (χ4n) is 4.06. The van der Waals surface area contributed by atoms with E-state index in [9.17, 15) is 23.6 Å². The number of primary amides is 1. The van der Waals surface area contributed by atoms with Crippen LogP contribution in [0.15, 0.2) is 36.5 Å². The van der Waals surface area contributed by atoms with Gasteiger partial charge in [0.2, 0.25) is 11.8 Å². The quantitative estimate of drug-likeness (QED) is 0.523. The fourth-order valence-corrected chi connectivity index (χ4v) is 4.06. The lowest BCUT2D eigenvalue weighted by atomic mass is 10.1. The normalized spacial score (nSPS) is 19.7. The second-order valence-electron chi connectivity index (χ2n) is 8.32. The lowest BCUT2D eigenvalue weighted by Crippen LogP contribution is -2.26. The average Bonchev–Trinajstić information content (AvgIpc) is 3.38. The number of hydrogen-bond donors (Lipinski definition) is 2. The van der Waals surface area contributed by atoms with E-state index in [4.69, 9.17) is 20.9 Å².